The van der Waals surface area contributed by atoms with Gasteiger partial charge in [-0.1, -0.05) is 6.58 Å². The van der Waals surface area contributed by atoms with Crippen LogP contribution < -0.4 is 5.32 Å². The molecule has 16 heavy (non-hydrogen) atoms. The summed E-state index contributed by atoms with van der Waals surface area (Å²) in [5.41, 5.74) is 4.75. The van der Waals surface area contributed by atoms with Crippen LogP contribution in [-0.2, 0) is 11.2 Å². The molecule has 0 spiro atoms. The van der Waals surface area contributed by atoms with Crippen LogP contribution in [0.2, 0.25) is 0 Å². The van der Waals surface area contributed by atoms with Gasteiger partial charge in [-0.3, -0.25) is 0 Å². The van der Waals surface area contributed by atoms with Crippen LogP contribution in [0.1, 0.15) is 11.3 Å². The van der Waals surface area contributed by atoms with E-state index in [0.717, 1.165) is 24.2 Å². The first-order valence-corrected chi connectivity index (χ1v) is 5.41. The second kappa shape index (κ2) is 3.30. The van der Waals surface area contributed by atoms with Gasteiger partial charge in [0.25, 0.3) is 0 Å². The molecule has 1 aliphatic rings. The summed E-state index contributed by atoms with van der Waals surface area (Å²) in [7, 11) is 1.64. The predicted molar refractivity (Wildman–Crippen MR) is 66.5 cm³/mol. The molecule has 0 unspecified atom stereocenters. The third-order valence-corrected chi connectivity index (χ3v) is 3.15. The average Bonchev–Trinajstić information content (AvgIpc) is 2.92. The summed E-state index contributed by atoms with van der Waals surface area (Å²) in [6.45, 7) is 4.89. The normalized spacial score (nSPS) is 13.6. The molecule has 3 rings (SSSR count). The molecule has 0 amide bonds. The van der Waals surface area contributed by atoms with Crippen molar-refractivity contribution in [2.24, 2.45) is 0 Å². The molecule has 82 valence electrons. The number of fused-ring (bicyclic) bond motifs is 3. The summed E-state index contributed by atoms with van der Waals surface area (Å²) in [5.74, 6) is 0.677. The number of hydrogen-bond donors (Lipinski definition) is 2. The fourth-order valence-electron chi connectivity index (χ4n) is 2.28. The maximum Gasteiger partial charge on any atom is 0.135 e. The lowest BCUT2D eigenvalue weighted by Gasteiger charge is -1.99. The first kappa shape index (κ1) is 9.33. The van der Waals surface area contributed by atoms with E-state index < -0.39 is 0 Å². The molecule has 0 saturated carbocycles. The van der Waals surface area contributed by atoms with Gasteiger partial charge >= 0.3 is 0 Å². The summed E-state index contributed by atoms with van der Waals surface area (Å²) in [5, 5.41) is 4.65. The average molecular weight is 214 g/mol. The van der Waals surface area contributed by atoms with Crippen molar-refractivity contribution >= 4 is 22.3 Å². The van der Waals surface area contributed by atoms with Gasteiger partial charge in [0.2, 0.25) is 0 Å². The van der Waals surface area contributed by atoms with E-state index in [4.69, 9.17) is 4.74 Å². The van der Waals surface area contributed by atoms with Gasteiger partial charge in [0.1, 0.15) is 5.76 Å². The highest BCUT2D eigenvalue weighted by Crippen LogP contribution is 2.31. The summed E-state index contributed by atoms with van der Waals surface area (Å²) in [6, 6.07) is 6.34. The smallest absolute Gasteiger partial charge is 0.135 e. The zero-order chi connectivity index (χ0) is 11.1. The van der Waals surface area contributed by atoms with Crippen LogP contribution in [0.4, 0.5) is 5.69 Å². The van der Waals surface area contributed by atoms with Crippen molar-refractivity contribution in [1.29, 1.82) is 0 Å². The van der Waals surface area contributed by atoms with E-state index in [-0.39, 0.29) is 0 Å². The van der Waals surface area contributed by atoms with Crippen LogP contribution in [0.15, 0.2) is 24.8 Å². The fourth-order valence-corrected chi connectivity index (χ4v) is 2.28. The number of anilines is 1. The Morgan fingerprint density at radius 3 is 3.12 bits per heavy atom. The van der Waals surface area contributed by atoms with E-state index in [1.54, 1.807) is 7.11 Å². The molecule has 3 heteroatoms. The van der Waals surface area contributed by atoms with Gasteiger partial charge < -0.3 is 15.0 Å². The topological polar surface area (TPSA) is 37.0 Å². The van der Waals surface area contributed by atoms with Crippen molar-refractivity contribution in [2.45, 2.75) is 6.42 Å². The Hall–Kier alpha value is -1.90. The van der Waals surface area contributed by atoms with Crippen LogP contribution in [0, 0.1) is 0 Å². The molecule has 0 atom stereocenters. The molecule has 0 fully saturated rings. The molecular weight excluding hydrogens is 200 g/mol. The van der Waals surface area contributed by atoms with E-state index in [1.165, 1.54) is 16.6 Å². The van der Waals surface area contributed by atoms with Crippen LogP contribution in [0.25, 0.3) is 16.7 Å². The van der Waals surface area contributed by atoms with Crippen LogP contribution in [0.3, 0.4) is 0 Å². The third-order valence-electron chi connectivity index (χ3n) is 3.15. The van der Waals surface area contributed by atoms with Gasteiger partial charge in [0, 0.05) is 23.1 Å². The Bertz CT molecular complexity index is 569. The quantitative estimate of drug-likeness (QED) is 0.754. The number of benzene rings is 1. The maximum absolute atomic E-state index is 5.14. The van der Waals surface area contributed by atoms with Crippen molar-refractivity contribution in [3.05, 3.63) is 36.0 Å². The first-order valence-electron chi connectivity index (χ1n) is 5.41. The summed E-state index contributed by atoms with van der Waals surface area (Å²) >= 11 is 0. The van der Waals surface area contributed by atoms with E-state index in [1.807, 2.05) is 0 Å². The number of H-pyrrole nitrogens is 1. The van der Waals surface area contributed by atoms with Crippen molar-refractivity contribution in [3.63, 3.8) is 0 Å². The highest BCUT2D eigenvalue weighted by atomic mass is 16.5. The Balaban J connectivity index is 2.21. The van der Waals surface area contributed by atoms with E-state index >= 15 is 0 Å². The third kappa shape index (κ3) is 1.21. The molecule has 0 radical (unpaired) electrons. The van der Waals surface area contributed by atoms with E-state index in [2.05, 4.69) is 35.1 Å². The van der Waals surface area contributed by atoms with Crippen LogP contribution in [0.5, 0.6) is 0 Å². The highest BCUT2D eigenvalue weighted by Gasteiger charge is 2.15. The Labute approximate surface area is 94.1 Å². The second-order valence-corrected chi connectivity index (χ2v) is 4.04. The molecule has 1 aliphatic heterocycles. The van der Waals surface area contributed by atoms with Crippen LogP contribution >= 0.6 is 0 Å². The molecule has 1 aromatic heterocycles. The minimum atomic E-state index is 0.677. The largest absolute Gasteiger partial charge is 0.495 e. The zero-order valence-electron chi connectivity index (χ0n) is 9.26. The number of aromatic amines is 1. The van der Waals surface area contributed by atoms with Gasteiger partial charge in [-0.05, 0) is 30.2 Å². The van der Waals surface area contributed by atoms with E-state index in [0.29, 0.717) is 5.76 Å². The summed E-state index contributed by atoms with van der Waals surface area (Å²) in [4.78, 5) is 3.32. The van der Waals surface area contributed by atoms with Crippen molar-refractivity contribution in [1.82, 2.24) is 4.98 Å². The number of rotatable bonds is 2. The van der Waals surface area contributed by atoms with Crippen molar-refractivity contribution in [2.75, 3.05) is 19.0 Å². The highest BCUT2D eigenvalue weighted by molar-refractivity contribution is 5.91. The number of methoxy groups -OCH3 is 1. The lowest BCUT2D eigenvalue weighted by atomic mass is 10.1. The van der Waals surface area contributed by atoms with Gasteiger partial charge in [-0.2, -0.15) is 0 Å². The number of hydrogen-bond acceptors (Lipinski definition) is 2. The lowest BCUT2D eigenvalue weighted by Crippen LogP contribution is -1.90. The molecule has 3 nitrogen and oxygen atoms in total. The second-order valence-electron chi connectivity index (χ2n) is 4.04. The van der Waals surface area contributed by atoms with Crippen LogP contribution in [-0.4, -0.2) is 18.6 Å². The fraction of sp³-hybridized carbons (Fsp3) is 0.231. The Morgan fingerprint density at radius 2 is 2.31 bits per heavy atom. The Kier molecular flexibility index (Phi) is 1.93. The summed E-state index contributed by atoms with van der Waals surface area (Å²) < 4.78 is 5.14. The predicted octanol–water partition coefficient (Wildman–Crippen LogP) is 2.75. The molecule has 0 bridgehead atoms. The zero-order valence-corrected chi connectivity index (χ0v) is 9.26. The minimum Gasteiger partial charge on any atom is -0.495 e. The monoisotopic (exact) mass is 214 g/mol. The van der Waals surface area contributed by atoms with Gasteiger partial charge in [0.15, 0.2) is 0 Å². The minimum absolute atomic E-state index is 0.677. The maximum atomic E-state index is 5.14. The SMILES string of the molecule is C=C(OC)c1cc2c3c(ccc2[nH]1)NCC3. The first-order chi connectivity index (χ1) is 7.79. The number of nitrogens with one attached hydrogen (secondary N) is 2. The van der Waals surface area contributed by atoms with Gasteiger partial charge in [-0.25, -0.2) is 0 Å². The molecule has 0 aliphatic carbocycles. The molecule has 0 saturated heterocycles. The molecule has 2 heterocycles. The molecule has 2 aromatic rings. The standard InChI is InChI=1S/C13H14N2O/c1-8(16-2)13-7-10-9-5-6-14-11(9)3-4-12(10)15-13/h3-4,7,14-15H,1,5-6H2,2H3. The summed E-state index contributed by atoms with van der Waals surface area (Å²) in [6.07, 6.45) is 1.09. The Morgan fingerprint density at radius 1 is 1.44 bits per heavy atom. The molecule has 2 N–H and O–H groups in total. The van der Waals surface area contributed by atoms with Gasteiger partial charge in [0.05, 0.1) is 12.8 Å². The van der Waals surface area contributed by atoms with Crippen molar-refractivity contribution in [3.8, 4) is 0 Å². The molecule has 1 aromatic carbocycles. The van der Waals surface area contributed by atoms with E-state index in [9.17, 15) is 0 Å². The number of aromatic nitrogens is 1. The lowest BCUT2D eigenvalue weighted by molar-refractivity contribution is 0.370. The van der Waals surface area contributed by atoms with Gasteiger partial charge in [-0.15, -0.1) is 0 Å². The molecular formula is C13H14N2O. The number of ether oxygens (including phenoxy) is 1. The van der Waals surface area contributed by atoms with Crippen molar-refractivity contribution < 1.29 is 4.74 Å².